The quantitative estimate of drug-likeness (QED) is 0.0615. The van der Waals surface area contributed by atoms with E-state index in [-0.39, 0.29) is 40.9 Å². The van der Waals surface area contributed by atoms with E-state index >= 15 is 0 Å². The van der Waals surface area contributed by atoms with Crippen molar-refractivity contribution < 1.29 is 34.1 Å². The van der Waals surface area contributed by atoms with E-state index in [4.69, 9.17) is 8.83 Å². The molecule has 9 heteroatoms. The molecule has 0 fully saturated rings. The Kier molecular flexibility index (Phi) is 9.24. The minimum absolute atomic E-state index is 0.119. The fourth-order valence-electron chi connectivity index (χ4n) is 6.03. The normalized spacial score (nSPS) is 11.6. The SMILES string of the molecule is CCCCc1oc2ccccc2c1-c1c(C(=O)c2cc(I)c(O)c(O)c2-c2c(CCCC)oc3ccccc23)cc(I)c(O)c1O. The van der Waals surface area contributed by atoms with Crippen LogP contribution in [0.15, 0.2) is 69.5 Å². The average Bonchev–Trinajstić information content (AvgIpc) is 3.61. The van der Waals surface area contributed by atoms with Crippen molar-refractivity contribution in [2.75, 3.05) is 0 Å². The molecule has 0 unspecified atom stereocenters. The molecule has 6 rings (SSSR count). The highest BCUT2D eigenvalue weighted by molar-refractivity contribution is 14.1. The molecule has 0 saturated heterocycles. The van der Waals surface area contributed by atoms with Crippen molar-refractivity contribution in [3.63, 3.8) is 0 Å². The third-order valence-corrected chi connectivity index (χ3v) is 9.94. The molecule has 0 saturated carbocycles. The van der Waals surface area contributed by atoms with Crippen LogP contribution in [0.4, 0.5) is 0 Å². The lowest BCUT2D eigenvalue weighted by Crippen LogP contribution is -2.08. The van der Waals surface area contributed by atoms with Crippen LogP contribution in [0.5, 0.6) is 23.0 Å². The van der Waals surface area contributed by atoms with E-state index in [9.17, 15) is 25.2 Å². The fraction of sp³-hybridized carbons (Fsp3) is 0.216. The van der Waals surface area contributed by atoms with Gasteiger partial charge in [-0.15, -0.1) is 0 Å². The Labute approximate surface area is 293 Å². The predicted octanol–water partition coefficient (Wildman–Crippen LogP) is 10.5. The molecular formula is C37H32I2O7. The number of carbonyl (C=O) groups is 1. The third kappa shape index (κ3) is 5.51. The van der Waals surface area contributed by atoms with Crippen LogP contribution in [-0.4, -0.2) is 26.2 Å². The molecule has 236 valence electrons. The monoisotopic (exact) mass is 842 g/mol. The van der Waals surface area contributed by atoms with Crippen LogP contribution in [0.1, 0.15) is 67.0 Å². The van der Waals surface area contributed by atoms with Crippen LogP contribution in [0.3, 0.4) is 0 Å². The molecule has 0 bridgehead atoms. The number of fused-ring (bicyclic) bond motifs is 2. The van der Waals surface area contributed by atoms with Crippen molar-refractivity contribution in [2.24, 2.45) is 0 Å². The van der Waals surface area contributed by atoms with Crippen LogP contribution in [0, 0.1) is 7.14 Å². The Morgan fingerprint density at radius 2 is 1.00 bits per heavy atom. The van der Waals surface area contributed by atoms with Crippen molar-refractivity contribution in [1.82, 2.24) is 0 Å². The van der Waals surface area contributed by atoms with Gasteiger partial charge in [-0.2, -0.15) is 0 Å². The largest absolute Gasteiger partial charge is 0.504 e. The zero-order valence-electron chi connectivity index (χ0n) is 25.3. The number of aromatic hydroxyl groups is 4. The van der Waals surface area contributed by atoms with E-state index in [1.54, 1.807) is 12.1 Å². The maximum absolute atomic E-state index is 15.0. The zero-order valence-corrected chi connectivity index (χ0v) is 29.6. The van der Waals surface area contributed by atoms with Gasteiger partial charge in [0.15, 0.2) is 28.8 Å². The smallest absolute Gasteiger partial charge is 0.194 e. The number of aryl methyl sites for hydroxylation is 2. The van der Waals surface area contributed by atoms with Crippen molar-refractivity contribution in [2.45, 2.75) is 52.4 Å². The minimum Gasteiger partial charge on any atom is -0.504 e. The van der Waals surface area contributed by atoms with E-state index in [1.165, 1.54) is 0 Å². The van der Waals surface area contributed by atoms with Crippen molar-refractivity contribution >= 4 is 72.9 Å². The molecule has 4 N–H and O–H groups in total. The maximum Gasteiger partial charge on any atom is 0.194 e. The van der Waals surface area contributed by atoms with Gasteiger partial charge in [0.1, 0.15) is 22.7 Å². The van der Waals surface area contributed by atoms with Gasteiger partial charge in [0.05, 0.1) is 7.14 Å². The molecule has 2 heterocycles. The first-order valence-corrected chi connectivity index (χ1v) is 17.4. The van der Waals surface area contributed by atoms with Crippen LogP contribution in [-0.2, 0) is 12.8 Å². The molecule has 7 nitrogen and oxygen atoms in total. The van der Waals surface area contributed by atoms with Gasteiger partial charge in [-0.3, -0.25) is 4.79 Å². The van der Waals surface area contributed by atoms with E-state index in [0.717, 1.165) is 25.7 Å². The average molecular weight is 842 g/mol. The van der Waals surface area contributed by atoms with E-state index in [1.807, 2.05) is 93.7 Å². The van der Waals surface area contributed by atoms with Crippen molar-refractivity contribution in [3.05, 3.63) is 90.5 Å². The summed E-state index contributed by atoms with van der Waals surface area (Å²) in [7, 11) is 0. The van der Waals surface area contributed by atoms with Crippen molar-refractivity contribution in [3.8, 4) is 45.3 Å². The molecule has 0 spiro atoms. The van der Waals surface area contributed by atoms with Gasteiger partial charge in [-0.1, -0.05) is 63.1 Å². The molecule has 0 amide bonds. The highest BCUT2D eigenvalue weighted by Crippen LogP contribution is 2.51. The first-order chi connectivity index (χ1) is 22.2. The molecule has 46 heavy (non-hydrogen) atoms. The van der Waals surface area contributed by atoms with Gasteiger partial charge in [-0.25, -0.2) is 0 Å². The number of phenols is 4. The lowest BCUT2D eigenvalue weighted by atomic mass is 9.86. The molecule has 0 radical (unpaired) electrons. The summed E-state index contributed by atoms with van der Waals surface area (Å²) in [5.41, 5.74) is 2.81. The predicted molar refractivity (Wildman–Crippen MR) is 196 cm³/mol. The number of ketones is 1. The van der Waals surface area contributed by atoms with Gasteiger partial charge in [0, 0.05) is 57.0 Å². The summed E-state index contributed by atoms with van der Waals surface area (Å²) < 4.78 is 13.1. The Hall–Kier alpha value is -3.71. The van der Waals surface area contributed by atoms with Gasteiger partial charge in [0.25, 0.3) is 0 Å². The Morgan fingerprint density at radius 3 is 1.39 bits per heavy atom. The summed E-state index contributed by atoms with van der Waals surface area (Å²) in [5, 5.41) is 46.5. The van der Waals surface area contributed by atoms with E-state index < -0.39 is 17.3 Å². The summed E-state index contributed by atoms with van der Waals surface area (Å²) in [6, 6.07) is 17.9. The van der Waals surface area contributed by atoms with Crippen LogP contribution < -0.4 is 0 Å². The Balaban J connectivity index is 1.68. The summed E-state index contributed by atoms with van der Waals surface area (Å²) >= 11 is 3.78. The second kappa shape index (κ2) is 13.2. The summed E-state index contributed by atoms with van der Waals surface area (Å²) in [4.78, 5) is 15.0. The third-order valence-electron chi connectivity index (χ3n) is 8.30. The van der Waals surface area contributed by atoms with Gasteiger partial charge >= 0.3 is 0 Å². The standard InChI is InChI=1S/C37H32I2O7/c1-3-5-13-27-29(19-11-7-9-15-25(19)45-27)31-21(17-23(38)34(41)36(31)43)33(40)22-18-24(39)35(42)37(44)32(22)30-20-12-8-10-16-26(20)46-28(30)14-6-4-2/h7-12,15-18,41-44H,3-6,13-14H2,1-2H3. The summed E-state index contributed by atoms with van der Waals surface area (Å²) in [6.07, 6.45) is 4.56. The minimum atomic E-state index is -0.509. The first-order valence-electron chi connectivity index (χ1n) is 15.2. The number of para-hydroxylation sites is 2. The number of rotatable bonds is 10. The Bertz CT molecular complexity index is 1970. The van der Waals surface area contributed by atoms with Crippen LogP contribution in [0.2, 0.25) is 0 Å². The summed E-state index contributed by atoms with van der Waals surface area (Å²) in [6.45, 7) is 4.14. The number of halogens is 2. The molecule has 0 aliphatic carbocycles. The zero-order chi connectivity index (χ0) is 32.7. The van der Waals surface area contributed by atoms with Crippen molar-refractivity contribution in [1.29, 1.82) is 0 Å². The Morgan fingerprint density at radius 1 is 0.609 bits per heavy atom. The molecule has 6 aromatic rings. The number of furan rings is 2. The highest BCUT2D eigenvalue weighted by atomic mass is 127. The fourth-order valence-corrected chi connectivity index (χ4v) is 7.16. The number of phenolic OH excluding ortho intramolecular Hbond substituents is 4. The second-order valence-electron chi connectivity index (χ2n) is 11.3. The lowest BCUT2D eigenvalue weighted by molar-refractivity contribution is 0.103. The molecule has 0 aliphatic heterocycles. The second-order valence-corrected chi connectivity index (χ2v) is 13.6. The maximum atomic E-state index is 15.0. The number of benzene rings is 4. The number of unbranched alkanes of at least 4 members (excludes halogenated alkanes) is 2. The molecule has 0 aliphatic rings. The first kappa shape index (κ1) is 32.2. The molecule has 2 aromatic heterocycles. The topological polar surface area (TPSA) is 124 Å². The lowest BCUT2D eigenvalue weighted by Gasteiger charge is -2.18. The molecule has 0 atom stereocenters. The summed E-state index contributed by atoms with van der Waals surface area (Å²) in [5.74, 6) is -0.870. The highest BCUT2D eigenvalue weighted by Gasteiger charge is 2.32. The molecular weight excluding hydrogens is 810 g/mol. The molecule has 4 aromatic carbocycles. The number of hydrogen-bond donors (Lipinski definition) is 4. The number of carbonyl (C=O) groups excluding carboxylic acids is 1. The van der Waals surface area contributed by atoms with Gasteiger partial charge in [-0.05, 0) is 82.3 Å². The number of hydrogen-bond acceptors (Lipinski definition) is 7. The van der Waals surface area contributed by atoms with E-state index in [2.05, 4.69) is 13.8 Å². The van der Waals surface area contributed by atoms with Gasteiger partial charge in [0.2, 0.25) is 0 Å². The van der Waals surface area contributed by atoms with Crippen LogP contribution >= 0.6 is 45.2 Å². The van der Waals surface area contributed by atoms with Crippen LogP contribution in [0.25, 0.3) is 44.2 Å². The van der Waals surface area contributed by atoms with E-state index in [0.29, 0.717) is 57.4 Å². The van der Waals surface area contributed by atoms with Gasteiger partial charge < -0.3 is 29.3 Å².